The third kappa shape index (κ3) is 6.59. The van der Waals surface area contributed by atoms with Crippen LogP contribution in [0.3, 0.4) is 0 Å². The van der Waals surface area contributed by atoms with Crippen molar-refractivity contribution >= 4 is 27.6 Å². The number of rotatable bonds is 9. The number of nitrogens with zero attached hydrogens (tertiary/aromatic N) is 3. The van der Waals surface area contributed by atoms with Gasteiger partial charge < -0.3 is 14.4 Å². The number of hydrogen-bond donors (Lipinski definition) is 0. The molecule has 1 aliphatic heterocycles. The number of halogens is 1. The number of amides is 1. The molecule has 9 nitrogen and oxygen atoms in total. The number of methoxy groups -OCH3 is 1. The van der Waals surface area contributed by atoms with Gasteiger partial charge in [-0.05, 0) is 55.3 Å². The summed E-state index contributed by atoms with van der Waals surface area (Å²) in [4.78, 5) is 26.6. The summed E-state index contributed by atoms with van der Waals surface area (Å²) in [6, 6.07) is 11.0. The molecule has 1 heterocycles. The Morgan fingerprint density at radius 1 is 1.08 bits per heavy atom. The van der Waals surface area contributed by atoms with E-state index in [0.29, 0.717) is 18.8 Å². The predicted octanol–water partition coefficient (Wildman–Crippen LogP) is 3.50. The van der Waals surface area contributed by atoms with E-state index in [-0.39, 0.29) is 29.2 Å². The van der Waals surface area contributed by atoms with Crippen molar-refractivity contribution in [2.75, 3.05) is 38.3 Å². The number of sulfonamides is 1. The first-order chi connectivity index (χ1) is 17.3. The van der Waals surface area contributed by atoms with Gasteiger partial charge in [-0.25, -0.2) is 17.6 Å². The van der Waals surface area contributed by atoms with Crippen LogP contribution in [-0.2, 0) is 19.6 Å². The molecule has 192 valence electrons. The van der Waals surface area contributed by atoms with Gasteiger partial charge in [-0.1, -0.05) is 12.8 Å². The summed E-state index contributed by atoms with van der Waals surface area (Å²) in [6.45, 7) is 0.147. The zero-order valence-corrected chi connectivity index (χ0v) is 20.8. The maximum atomic E-state index is 13.3. The second-order valence-electron chi connectivity index (χ2n) is 8.19. The van der Waals surface area contributed by atoms with E-state index < -0.39 is 34.3 Å². The van der Waals surface area contributed by atoms with Gasteiger partial charge in [0.25, 0.3) is 5.91 Å². The Bertz CT molecular complexity index is 1220. The molecule has 2 aromatic carbocycles. The highest BCUT2D eigenvalue weighted by Crippen LogP contribution is 2.29. The monoisotopic (exact) mass is 517 g/mol. The van der Waals surface area contributed by atoms with E-state index in [1.807, 2.05) is 6.07 Å². The molecule has 0 unspecified atom stereocenters. The number of esters is 1. The molecule has 0 spiro atoms. The normalized spacial score (nSPS) is 14.4. The van der Waals surface area contributed by atoms with E-state index in [0.717, 1.165) is 25.7 Å². The van der Waals surface area contributed by atoms with Gasteiger partial charge >= 0.3 is 5.97 Å². The third-order valence-corrected chi connectivity index (χ3v) is 7.72. The summed E-state index contributed by atoms with van der Waals surface area (Å²) >= 11 is 0. The fourth-order valence-electron chi connectivity index (χ4n) is 3.90. The fraction of sp³-hybridized carbons (Fsp3) is 0.400. The van der Waals surface area contributed by atoms with Crippen molar-refractivity contribution in [1.29, 1.82) is 5.26 Å². The van der Waals surface area contributed by atoms with Crippen molar-refractivity contribution in [3.05, 3.63) is 53.8 Å². The maximum absolute atomic E-state index is 13.3. The van der Waals surface area contributed by atoms with Crippen molar-refractivity contribution in [3.8, 4) is 11.8 Å². The summed E-state index contributed by atoms with van der Waals surface area (Å²) in [5.41, 5.74) is 0.297. The number of hydrogen-bond acceptors (Lipinski definition) is 7. The molecule has 0 aromatic heterocycles. The van der Waals surface area contributed by atoms with Crippen LogP contribution in [0.4, 0.5) is 10.1 Å². The molecule has 2 aromatic rings. The van der Waals surface area contributed by atoms with Gasteiger partial charge in [-0.3, -0.25) is 4.79 Å². The van der Waals surface area contributed by atoms with Gasteiger partial charge in [0.15, 0.2) is 6.61 Å². The van der Waals surface area contributed by atoms with Gasteiger partial charge in [-0.15, -0.1) is 0 Å². The lowest BCUT2D eigenvalue weighted by Gasteiger charge is -2.22. The number of carbonyl (C=O) groups is 2. The van der Waals surface area contributed by atoms with E-state index >= 15 is 0 Å². The quantitative estimate of drug-likeness (QED) is 0.467. The zero-order valence-electron chi connectivity index (χ0n) is 20.0. The first-order valence-corrected chi connectivity index (χ1v) is 13.0. The Kier molecular flexibility index (Phi) is 9.38. The number of anilines is 1. The topological polar surface area (TPSA) is 117 Å². The van der Waals surface area contributed by atoms with Crippen LogP contribution in [0, 0.1) is 17.1 Å². The smallest absolute Gasteiger partial charge is 0.338 e. The summed E-state index contributed by atoms with van der Waals surface area (Å²) in [5.74, 6) is -1.89. The Balaban J connectivity index is 1.77. The van der Waals surface area contributed by atoms with E-state index in [1.54, 1.807) is 0 Å². The molecule has 0 radical (unpaired) electrons. The molecule has 1 fully saturated rings. The van der Waals surface area contributed by atoms with Gasteiger partial charge in [0.05, 0.1) is 25.2 Å². The van der Waals surface area contributed by atoms with Crippen molar-refractivity contribution in [2.24, 2.45) is 0 Å². The molecule has 1 amide bonds. The minimum absolute atomic E-state index is 0.0211. The van der Waals surface area contributed by atoms with Crippen LogP contribution < -0.4 is 9.64 Å². The number of carbonyl (C=O) groups excluding carboxylic acids is 2. The summed E-state index contributed by atoms with van der Waals surface area (Å²) in [6.07, 6.45) is 3.43. The second-order valence-corrected chi connectivity index (χ2v) is 10.1. The van der Waals surface area contributed by atoms with Crippen molar-refractivity contribution in [3.63, 3.8) is 0 Å². The number of ether oxygens (including phenoxy) is 2. The van der Waals surface area contributed by atoms with E-state index in [4.69, 9.17) is 14.7 Å². The molecule has 11 heteroatoms. The minimum atomic E-state index is -3.91. The fourth-order valence-corrected chi connectivity index (χ4v) is 5.59. The minimum Gasteiger partial charge on any atom is -0.495 e. The average molecular weight is 518 g/mol. The predicted molar refractivity (Wildman–Crippen MR) is 129 cm³/mol. The van der Waals surface area contributed by atoms with Crippen LogP contribution in [-0.4, -0.2) is 58.0 Å². The van der Waals surface area contributed by atoms with Crippen molar-refractivity contribution in [1.82, 2.24) is 4.31 Å². The van der Waals surface area contributed by atoms with Gasteiger partial charge in [0, 0.05) is 25.3 Å². The van der Waals surface area contributed by atoms with Gasteiger partial charge in [0.2, 0.25) is 10.0 Å². The number of nitriles is 1. The molecule has 0 atom stereocenters. The van der Waals surface area contributed by atoms with Gasteiger partial charge in [-0.2, -0.15) is 9.57 Å². The SMILES string of the molecule is COc1ccc(C(=O)OCC(=O)N(CCC#N)c2ccc(F)cc2)cc1S(=O)(=O)N1CCCCCC1. The molecular formula is C25H28FN3O6S. The van der Waals surface area contributed by atoms with E-state index in [1.165, 1.54) is 58.8 Å². The average Bonchev–Trinajstić information content (AvgIpc) is 3.18. The lowest BCUT2D eigenvalue weighted by molar-refractivity contribution is -0.121. The highest BCUT2D eigenvalue weighted by molar-refractivity contribution is 7.89. The summed E-state index contributed by atoms with van der Waals surface area (Å²) in [7, 11) is -2.57. The van der Waals surface area contributed by atoms with E-state index in [2.05, 4.69) is 0 Å². The number of benzene rings is 2. The summed E-state index contributed by atoms with van der Waals surface area (Å²) in [5, 5.41) is 8.90. The molecule has 0 bridgehead atoms. The lowest BCUT2D eigenvalue weighted by Crippen LogP contribution is -2.35. The highest BCUT2D eigenvalue weighted by Gasteiger charge is 2.29. The van der Waals surface area contributed by atoms with E-state index in [9.17, 15) is 22.4 Å². The molecule has 0 aliphatic carbocycles. The molecule has 36 heavy (non-hydrogen) atoms. The van der Waals surface area contributed by atoms with Crippen LogP contribution in [0.2, 0.25) is 0 Å². The highest BCUT2D eigenvalue weighted by atomic mass is 32.2. The molecular weight excluding hydrogens is 489 g/mol. The molecule has 3 rings (SSSR count). The van der Waals surface area contributed by atoms with Crippen LogP contribution in [0.25, 0.3) is 0 Å². The Morgan fingerprint density at radius 3 is 2.36 bits per heavy atom. The molecule has 0 saturated carbocycles. The molecule has 1 aliphatic rings. The Labute approximate surface area is 210 Å². The maximum Gasteiger partial charge on any atom is 0.338 e. The van der Waals surface area contributed by atoms with Crippen molar-refractivity contribution in [2.45, 2.75) is 37.0 Å². The zero-order chi connectivity index (χ0) is 26.1. The van der Waals surface area contributed by atoms with Gasteiger partial charge in [0.1, 0.15) is 16.5 Å². The molecule has 0 N–H and O–H groups in total. The Morgan fingerprint density at radius 2 is 1.75 bits per heavy atom. The first-order valence-electron chi connectivity index (χ1n) is 11.6. The Hall–Kier alpha value is -3.49. The van der Waals surface area contributed by atoms with Crippen LogP contribution >= 0.6 is 0 Å². The van der Waals surface area contributed by atoms with Crippen LogP contribution in [0.5, 0.6) is 5.75 Å². The summed E-state index contributed by atoms with van der Waals surface area (Å²) < 4.78 is 51.7. The van der Waals surface area contributed by atoms with Crippen LogP contribution in [0.1, 0.15) is 42.5 Å². The lowest BCUT2D eigenvalue weighted by atomic mass is 10.2. The third-order valence-electron chi connectivity index (χ3n) is 5.80. The largest absolute Gasteiger partial charge is 0.495 e. The first kappa shape index (κ1) is 27.1. The second kappa shape index (κ2) is 12.5. The molecule has 1 saturated heterocycles. The van der Waals surface area contributed by atoms with Crippen LogP contribution in [0.15, 0.2) is 47.4 Å². The van der Waals surface area contributed by atoms with Crippen molar-refractivity contribution < 1.29 is 31.9 Å². The standard InChI is InChI=1S/C25H28FN3O6S/c1-34-22-12-7-19(17-23(22)36(32,33)28-14-4-2-3-5-15-28)25(31)35-18-24(30)29(16-6-13-27)21-10-8-20(26)9-11-21/h7-12,17H,2-6,14-16,18H2,1H3.